The molecule has 0 aliphatic carbocycles. The van der Waals surface area contributed by atoms with Crippen molar-refractivity contribution < 1.29 is 28.7 Å². The zero-order chi connectivity index (χ0) is 24.1. The normalized spacial score (nSPS) is 15.8. The van der Waals surface area contributed by atoms with Crippen LogP contribution >= 0.6 is 0 Å². The van der Waals surface area contributed by atoms with E-state index in [9.17, 15) is 19.2 Å². The lowest BCUT2D eigenvalue weighted by Crippen LogP contribution is -2.49. The molecule has 0 radical (unpaired) electrons. The van der Waals surface area contributed by atoms with E-state index in [0.29, 0.717) is 16.9 Å². The number of amides is 4. The van der Waals surface area contributed by atoms with E-state index in [0.717, 1.165) is 10.5 Å². The molecule has 1 atom stereocenters. The second kappa shape index (κ2) is 10.4. The molecule has 0 saturated carbocycles. The Hall–Kier alpha value is -3.56. The Bertz CT molecular complexity index is 1030. The average Bonchev–Trinajstić information content (AvgIpc) is 3.08. The van der Waals surface area contributed by atoms with Crippen LogP contribution in [0.25, 0.3) is 0 Å². The first-order chi connectivity index (χ1) is 15.7. The van der Waals surface area contributed by atoms with Gasteiger partial charge < -0.3 is 19.7 Å². The van der Waals surface area contributed by atoms with Crippen LogP contribution in [0.3, 0.4) is 0 Å². The summed E-state index contributed by atoms with van der Waals surface area (Å²) in [4.78, 5) is 53.1. The van der Waals surface area contributed by atoms with Crippen LogP contribution in [0.15, 0.2) is 48.5 Å². The summed E-state index contributed by atoms with van der Waals surface area (Å²) in [5, 5.41) is 2.64. The van der Waals surface area contributed by atoms with Crippen LogP contribution in [0.4, 0.5) is 11.4 Å². The minimum atomic E-state index is -1.01. The number of imide groups is 1. The number of nitrogens with zero attached hydrogens (tertiary/aromatic N) is 2. The van der Waals surface area contributed by atoms with Gasteiger partial charge in [-0.05, 0) is 43.3 Å². The molecule has 1 fully saturated rings. The van der Waals surface area contributed by atoms with E-state index in [4.69, 9.17) is 9.47 Å². The first-order valence-corrected chi connectivity index (χ1v) is 10.4. The van der Waals surface area contributed by atoms with Crippen molar-refractivity contribution in [2.45, 2.75) is 32.6 Å². The highest BCUT2D eigenvalue weighted by Crippen LogP contribution is 2.28. The smallest absolute Gasteiger partial charge is 0.257 e. The van der Waals surface area contributed by atoms with Gasteiger partial charge in [-0.3, -0.25) is 19.2 Å². The summed E-state index contributed by atoms with van der Waals surface area (Å²) >= 11 is 0. The van der Waals surface area contributed by atoms with E-state index in [1.807, 2.05) is 6.92 Å². The van der Waals surface area contributed by atoms with Gasteiger partial charge in [0.1, 0.15) is 6.04 Å². The number of rotatable bonds is 8. The Morgan fingerprint density at radius 3 is 2.21 bits per heavy atom. The number of ether oxygens (including phenoxy) is 2. The van der Waals surface area contributed by atoms with Gasteiger partial charge in [0.15, 0.2) is 6.29 Å². The number of hydrogen-bond donors (Lipinski definition) is 1. The molecule has 1 unspecified atom stereocenters. The summed E-state index contributed by atoms with van der Waals surface area (Å²) in [6, 6.07) is 12.3. The van der Waals surface area contributed by atoms with Crippen molar-refractivity contribution in [2.24, 2.45) is 0 Å². The van der Waals surface area contributed by atoms with E-state index >= 15 is 0 Å². The van der Waals surface area contributed by atoms with Gasteiger partial charge in [0.05, 0.1) is 18.7 Å². The van der Waals surface area contributed by atoms with Crippen LogP contribution in [-0.2, 0) is 23.9 Å². The quantitative estimate of drug-likeness (QED) is 0.486. The molecule has 174 valence electrons. The maximum Gasteiger partial charge on any atom is 0.257 e. The summed E-state index contributed by atoms with van der Waals surface area (Å²) in [6.45, 7) is 3.27. The van der Waals surface area contributed by atoms with Crippen molar-refractivity contribution in [2.75, 3.05) is 31.0 Å². The lowest BCUT2D eigenvalue weighted by molar-refractivity contribution is -0.128. The Morgan fingerprint density at radius 1 is 1.06 bits per heavy atom. The average molecular weight is 453 g/mol. The molecule has 1 saturated heterocycles. The van der Waals surface area contributed by atoms with E-state index in [2.05, 4.69) is 5.32 Å². The Labute approximate surface area is 192 Å². The molecule has 33 heavy (non-hydrogen) atoms. The SMILES string of the molecule is COC(CN(C(=O)c1ccc(C)cc1)C1CC(=O)N(c2ccc(NC(C)=O)cc2)C1=O)OC. The molecule has 1 N–H and O–H groups in total. The number of anilines is 2. The maximum absolute atomic E-state index is 13.3. The van der Waals surface area contributed by atoms with Gasteiger partial charge in [-0.2, -0.15) is 0 Å². The fourth-order valence-corrected chi connectivity index (χ4v) is 3.65. The van der Waals surface area contributed by atoms with Crippen LogP contribution in [0.1, 0.15) is 29.3 Å². The summed E-state index contributed by atoms with van der Waals surface area (Å²) in [7, 11) is 2.88. The second-order valence-electron chi connectivity index (χ2n) is 7.74. The minimum absolute atomic E-state index is 0.0291. The lowest BCUT2D eigenvalue weighted by Gasteiger charge is -2.30. The molecule has 4 amide bonds. The highest BCUT2D eigenvalue weighted by molar-refractivity contribution is 6.23. The minimum Gasteiger partial charge on any atom is -0.354 e. The fourth-order valence-electron chi connectivity index (χ4n) is 3.65. The first kappa shape index (κ1) is 24.1. The Morgan fingerprint density at radius 2 is 1.67 bits per heavy atom. The molecule has 2 aromatic rings. The summed E-state index contributed by atoms with van der Waals surface area (Å²) in [6.07, 6.45) is -0.933. The molecule has 0 aromatic heterocycles. The Balaban J connectivity index is 1.89. The maximum atomic E-state index is 13.3. The van der Waals surface area contributed by atoms with E-state index in [1.54, 1.807) is 48.5 Å². The second-order valence-corrected chi connectivity index (χ2v) is 7.74. The number of hydrogen-bond acceptors (Lipinski definition) is 6. The molecule has 9 heteroatoms. The number of nitrogens with one attached hydrogen (secondary N) is 1. The predicted molar refractivity (Wildman–Crippen MR) is 122 cm³/mol. The van der Waals surface area contributed by atoms with Crippen LogP contribution in [-0.4, -0.2) is 61.6 Å². The number of carbonyl (C=O) groups excluding carboxylic acids is 4. The van der Waals surface area contributed by atoms with Crippen molar-refractivity contribution in [3.05, 3.63) is 59.7 Å². The molecular weight excluding hydrogens is 426 g/mol. The van der Waals surface area contributed by atoms with Crippen LogP contribution in [0.5, 0.6) is 0 Å². The van der Waals surface area contributed by atoms with Gasteiger partial charge in [0.2, 0.25) is 11.8 Å². The number of carbonyl (C=O) groups is 4. The highest BCUT2D eigenvalue weighted by Gasteiger charge is 2.45. The molecule has 1 heterocycles. The third-order valence-corrected chi connectivity index (χ3v) is 5.38. The van der Waals surface area contributed by atoms with Crippen LogP contribution < -0.4 is 10.2 Å². The third kappa shape index (κ3) is 5.44. The number of aryl methyl sites for hydroxylation is 1. The third-order valence-electron chi connectivity index (χ3n) is 5.38. The van der Waals surface area contributed by atoms with Gasteiger partial charge in [-0.15, -0.1) is 0 Å². The number of benzene rings is 2. The molecule has 1 aliphatic rings. The van der Waals surface area contributed by atoms with Gasteiger partial charge in [-0.1, -0.05) is 17.7 Å². The standard InChI is InChI=1S/C24H27N3O6/c1-15-5-7-17(8-6-15)23(30)26(14-22(32-3)33-4)20-13-21(29)27(24(20)31)19-11-9-18(10-12-19)25-16(2)28/h5-12,20,22H,13-14H2,1-4H3,(H,25,28). The molecule has 0 spiro atoms. The molecular formula is C24H27N3O6. The van der Waals surface area contributed by atoms with Gasteiger partial charge >= 0.3 is 0 Å². The van der Waals surface area contributed by atoms with Crippen molar-refractivity contribution in [1.29, 1.82) is 0 Å². The Kier molecular flexibility index (Phi) is 7.57. The summed E-state index contributed by atoms with van der Waals surface area (Å²) in [5.41, 5.74) is 2.29. The first-order valence-electron chi connectivity index (χ1n) is 10.4. The molecule has 3 rings (SSSR count). The van der Waals surface area contributed by atoms with Crippen molar-refractivity contribution in [1.82, 2.24) is 4.90 Å². The van der Waals surface area contributed by atoms with E-state index in [-0.39, 0.29) is 18.9 Å². The van der Waals surface area contributed by atoms with Gasteiger partial charge in [-0.25, -0.2) is 4.90 Å². The van der Waals surface area contributed by atoms with E-state index in [1.165, 1.54) is 26.0 Å². The van der Waals surface area contributed by atoms with E-state index < -0.39 is 30.1 Å². The van der Waals surface area contributed by atoms with Crippen LogP contribution in [0, 0.1) is 6.92 Å². The molecule has 1 aliphatic heterocycles. The molecule has 0 bridgehead atoms. The zero-order valence-corrected chi connectivity index (χ0v) is 19.0. The van der Waals surface area contributed by atoms with Gasteiger partial charge in [0.25, 0.3) is 11.8 Å². The molecule has 2 aromatic carbocycles. The molecule has 9 nitrogen and oxygen atoms in total. The monoisotopic (exact) mass is 453 g/mol. The predicted octanol–water partition coefficient (Wildman–Crippen LogP) is 2.35. The van der Waals surface area contributed by atoms with Gasteiger partial charge in [0, 0.05) is 32.4 Å². The lowest BCUT2D eigenvalue weighted by atomic mass is 10.1. The summed E-state index contributed by atoms with van der Waals surface area (Å²) < 4.78 is 10.5. The van der Waals surface area contributed by atoms with Crippen LogP contribution in [0.2, 0.25) is 0 Å². The van der Waals surface area contributed by atoms with Crippen molar-refractivity contribution in [3.8, 4) is 0 Å². The van der Waals surface area contributed by atoms with Crippen molar-refractivity contribution in [3.63, 3.8) is 0 Å². The summed E-state index contributed by atoms with van der Waals surface area (Å²) in [5.74, 6) is -1.57. The highest BCUT2D eigenvalue weighted by atomic mass is 16.7. The van der Waals surface area contributed by atoms with Crippen molar-refractivity contribution >= 4 is 35.0 Å². The zero-order valence-electron chi connectivity index (χ0n) is 19.0. The fraction of sp³-hybridized carbons (Fsp3) is 0.333. The number of methoxy groups -OCH3 is 2. The topological polar surface area (TPSA) is 105 Å². The largest absolute Gasteiger partial charge is 0.354 e.